The SMILES string of the molecule is C[C@@H](NC(=O)OC(C)(C)C)c1cn2cccc(Br)c2n1. The molecule has 0 spiro atoms. The molecule has 0 aliphatic heterocycles. The average Bonchev–Trinajstić information content (AvgIpc) is 2.71. The fraction of sp³-hybridized carbons (Fsp3) is 0.429. The minimum atomic E-state index is -0.508. The third kappa shape index (κ3) is 3.50. The van der Waals surface area contributed by atoms with Crippen LogP contribution in [0.2, 0.25) is 0 Å². The summed E-state index contributed by atoms with van der Waals surface area (Å²) in [6.45, 7) is 7.37. The van der Waals surface area contributed by atoms with E-state index in [9.17, 15) is 4.79 Å². The highest BCUT2D eigenvalue weighted by molar-refractivity contribution is 9.10. The number of nitrogens with zero attached hydrogens (tertiary/aromatic N) is 2. The molecular formula is C14H18BrN3O2. The first-order valence-electron chi connectivity index (χ1n) is 6.39. The van der Waals surface area contributed by atoms with Crippen LogP contribution in [0.5, 0.6) is 0 Å². The Hall–Kier alpha value is -1.56. The summed E-state index contributed by atoms with van der Waals surface area (Å²) in [5.41, 5.74) is 1.09. The summed E-state index contributed by atoms with van der Waals surface area (Å²) in [7, 11) is 0. The van der Waals surface area contributed by atoms with Crippen LogP contribution in [0.4, 0.5) is 4.79 Å². The lowest BCUT2D eigenvalue weighted by atomic mass is 10.2. The molecule has 0 saturated heterocycles. The first-order chi connectivity index (χ1) is 9.26. The lowest BCUT2D eigenvalue weighted by Crippen LogP contribution is -2.34. The van der Waals surface area contributed by atoms with Crippen LogP contribution in [0.1, 0.15) is 39.4 Å². The van der Waals surface area contributed by atoms with Gasteiger partial charge in [-0.3, -0.25) is 0 Å². The number of imidazole rings is 1. The lowest BCUT2D eigenvalue weighted by molar-refractivity contribution is 0.0507. The van der Waals surface area contributed by atoms with Crippen LogP contribution in [0.3, 0.4) is 0 Å². The number of hydrogen-bond acceptors (Lipinski definition) is 3. The number of aromatic nitrogens is 2. The third-order valence-corrected chi connectivity index (χ3v) is 3.25. The number of carbonyl (C=O) groups excluding carboxylic acids is 1. The van der Waals surface area contributed by atoms with Crippen LogP contribution >= 0.6 is 15.9 Å². The van der Waals surface area contributed by atoms with E-state index < -0.39 is 11.7 Å². The summed E-state index contributed by atoms with van der Waals surface area (Å²) < 4.78 is 8.06. The summed E-state index contributed by atoms with van der Waals surface area (Å²) >= 11 is 3.45. The maximum atomic E-state index is 11.7. The van der Waals surface area contributed by atoms with Crippen LogP contribution in [-0.4, -0.2) is 21.1 Å². The zero-order valence-electron chi connectivity index (χ0n) is 12.0. The van der Waals surface area contributed by atoms with Crippen molar-refractivity contribution in [2.45, 2.75) is 39.3 Å². The quantitative estimate of drug-likeness (QED) is 0.907. The summed E-state index contributed by atoms with van der Waals surface area (Å²) in [6.07, 6.45) is 3.36. The molecule has 108 valence electrons. The smallest absolute Gasteiger partial charge is 0.408 e. The second kappa shape index (κ2) is 5.44. The minimum Gasteiger partial charge on any atom is -0.444 e. The van der Waals surface area contributed by atoms with Gasteiger partial charge >= 0.3 is 6.09 Å². The predicted octanol–water partition coefficient (Wildman–Crippen LogP) is 3.68. The van der Waals surface area contributed by atoms with E-state index in [0.717, 1.165) is 15.8 Å². The highest BCUT2D eigenvalue weighted by Gasteiger charge is 2.19. The van der Waals surface area contributed by atoms with Crippen molar-refractivity contribution in [3.63, 3.8) is 0 Å². The molecule has 1 N–H and O–H groups in total. The first kappa shape index (κ1) is 14.8. The highest BCUT2D eigenvalue weighted by atomic mass is 79.9. The fourth-order valence-electron chi connectivity index (χ4n) is 1.76. The molecule has 0 unspecified atom stereocenters. The molecule has 5 nitrogen and oxygen atoms in total. The second-order valence-electron chi connectivity index (χ2n) is 5.62. The van der Waals surface area contributed by atoms with E-state index in [1.54, 1.807) is 0 Å². The molecular weight excluding hydrogens is 322 g/mol. The summed E-state index contributed by atoms with van der Waals surface area (Å²) in [5, 5.41) is 2.78. The molecule has 0 aromatic carbocycles. The molecule has 0 aliphatic carbocycles. The molecule has 1 amide bonds. The van der Waals surface area contributed by atoms with Gasteiger partial charge in [-0.15, -0.1) is 0 Å². The van der Waals surface area contributed by atoms with Crippen molar-refractivity contribution in [1.29, 1.82) is 0 Å². The molecule has 0 saturated carbocycles. The van der Waals surface area contributed by atoms with Crippen molar-refractivity contribution < 1.29 is 9.53 Å². The zero-order chi connectivity index (χ0) is 14.9. The minimum absolute atomic E-state index is 0.225. The number of halogens is 1. The Morgan fingerprint density at radius 2 is 2.20 bits per heavy atom. The van der Waals surface area contributed by atoms with Crippen LogP contribution < -0.4 is 5.32 Å². The van der Waals surface area contributed by atoms with E-state index in [1.165, 1.54) is 0 Å². The Balaban J connectivity index is 2.13. The van der Waals surface area contributed by atoms with Crippen LogP contribution in [-0.2, 0) is 4.74 Å². The van der Waals surface area contributed by atoms with Crippen molar-refractivity contribution in [3.8, 4) is 0 Å². The standard InChI is InChI=1S/C14H18BrN3O2/c1-9(16-13(19)20-14(2,3)4)11-8-18-7-5-6-10(15)12(18)17-11/h5-9H,1-4H3,(H,16,19)/t9-/m1/s1. The second-order valence-corrected chi connectivity index (χ2v) is 6.48. The van der Waals surface area contributed by atoms with Gasteiger partial charge in [-0.25, -0.2) is 9.78 Å². The van der Waals surface area contributed by atoms with Gasteiger partial charge in [0, 0.05) is 12.4 Å². The van der Waals surface area contributed by atoms with E-state index >= 15 is 0 Å². The molecule has 20 heavy (non-hydrogen) atoms. The van der Waals surface area contributed by atoms with Gasteiger partial charge in [-0.2, -0.15) is 0 Å². The van der Waals surface area contributed by atoms with Crippen LogP contribution in [0, 0.1) is 0 Å². The van der Waals surface area contributed by atoms with Crippen molar-refractivity contribution >= 4 is 27.7 Å². The van der Waals surface area contributed by atoms with Crippen molar-refractivity contribution in [1.82, 2.24) is 14.7 Å². The Morgan fingerprint density at radius 1 is 1.50 bits per heavy atom. The average molecular weight is 340 g/mol. The summed E-state index contributed by atoms with van der Waals surface area (Å²) in [4.78, 5) is 16.3. The normalized spacial score (nSPS) is 13.2. The Bertz CT molecular complexity index is 631. The summed E-state index contributed by atoms with van der Waals surface area (Å²) in [5.74, 6) is 0. The van der Waals surface area contributed by atoms with Crippen LogP contribution in [0.15, 0.2) is 29.0 Å². The molecule has 2 aromatic rings. The number of amides is 1. The summed E-state index contributed by atoms with van der Waals surface area (Å²) in [6, 6.07) is 3.63. The molecule has 0 fully saturated rings. The molecule has 0 aliphatic rings. The number of alkyl carbamates (subject to hydrolysis) is 1. The number of fused-ring (bicyclic) bond motifs is 1. The molecule has 0 bridgehead atoms. The van der Waals surface area contributed by atoms with Crippen molar-refractivity contribution in [2.24, 2.45) is 0 Å². The van der Waals surface area contributed by atoms with E-state index in [2.05, 4.69) is 26.2 Å². The monoisotopic (exact) mass is 339 g/mol. The molecule has 2 rings (SSSR count). The lowest BCUT2D eigenvalue weighted by Gasteiger charge is -2.21. The number of rotatable bonds is 2. The largest absolute Gasteiger partial charge is 0.444 e. The maximum absolute atomic E-state index is 11.7. The van der Waals surface area contributed by atoms with Gasteiger partial charge in [0.15, 0.2) is 5.65 Å². The van der Waals surface area contributed by atoms with Crippen molar-refractivity contribution in [3.05, 3.63) is 34.7 Å². The van der Waals surface area contributed by atoms with Gasteiger partial charge in [-0.1, -0.05) is 0 Å². The Kier molecular flexibility index (Phi) is 4.04. The molecule has 2 heterocycles. The molecule has 6 heteroatoms. The van der Waals surface area contributed by atoms with E-state index in [4.69, 9.17) is 4.74 Å². The zero-order valence-corrected chi connectivity index (χ0v) is 13.6. The molecule has 2 aromatic heterocycles. The van der Waals surface area contributed by atoms with E-state index in [0.29, 0.717) is 0 Å². The van der Waals surface area contributed by atoms with Gasteiger partial charge in [0.25, 0.3) is 0 Å². The molecule has 1 atom stereocenters. The fourth-order valence-corrected chi connectivity index (χ4v) is 2.21. The van der Waals surface area contributed by atoms with Gasteiger partial charge < -0.3 is 14.5 Å². The first-order valence-corrected chi connectivity index (χ1v) is 7.18. The van der Waals surface area contributed by atoms with Crippen molar-refractivity contribution in [2.75, 3.05) is 0 Å². The third-order valence-electron chi connectivity index (χ3n) is 2.63. The Morgan fingerprint density at radius 3 is 2.80 bits per heavy atom. The maximum Gasteiger partial charge on any atom is 0.408 e. The van der Waals surface area contributed by atoms with Gasteiger partial charge in [-0.05, 0) is 55.8 Å². The highest BCUT2D eigenvalue weighted by Crippen LogP contribution is 2.20. The number of nitrogens with one attached hydrogen (secondary N) is 1. The van der Waals surface area contributed by atoms with Gasteiger partial charge in [0.2, 0.25) is 0 Å². The predicted molar refractivity (Wildman–Crippen MR) is 80.7 cm³/mol. The van der Waals surface area contributed by atoms with Gasteiger partial charge in [0.1, 0.15) is 5.60 Å². The van der Waals surface area contributed by atoms with Crippen LogP contribution in [0.25, 0.3) is 5.65 Å². The van der Waals surface area contributed by atoms with E-state index in [-0.39, 0.29) is 6.04 Å². The topological polar surface area (TPSA) is 55.6 Å². The number of carbonyl (C=O) groups is 1. The Labute approximate surface area is 126 Å². The molecule has 0 radical (unpaired) electrons. The van der Waals surface area contributed by atoms with E-state index in [1.807, 2.05) is 56.6 Å². The number of ether oxygens (including phenoxy) is 1. The number of hydrogen-bond donors (Lipinski definition) is 1. The number of pyridine rings is 1. The van der Waals surface area contributed by atoms with Gasteiger partial charge in [0.05, 0.1) is 16.2 Å².